The lowest BCUT2D eigenvalue weighted by Gasteiger charge is -2.27. The van der Waals surface area contributed by atoms with Crippen molar-refractivity contribution < 1.29 is 28.7 Å². The van der Waals surface area contributed by atoms with Crippen LogP contribution in [0.2, 0.25) is 0 Å². The van der Waals surface area contributed by atoms with E-state index in [0.717, 1.165) is 27.9 Å². The molecule has 1 N–H and O–H groups in total. The number of ether oxygens (including phenoxy) is 1. The van der Waals surface area contributed by atoms with Crippen molar-refractivity contribution in [3.63, 3.8) is 0 Å². The minimum Gasteiger partial charge on any atom is -0.467 e. The van der Waals surface area contributed by atoms with E-state index in [0.29, 0.717) is 6.42 Å². The van der Waals surface area contributed by atoms with Gasteiger partial charge in [-0.05, 0) is 41.7 Å². The van der Waals surface area contributed by atoms with Crippen LogP contribution in [0.1, 0.15) is 45.5 Å². The molecule has 0 bridgehead atoms. The lowest BCUT2D eigenvalue weighted by atomic mass is 9.99. The molecular formula is C30H28N2O6. The van der Waals surface area contributed by atoms with E-state index in [9.17, 15) is 24.0 Å². The second-order valence-corrected chi connectivity index (χ2v) is 8.99. The molecule has 4 rings (SSSR count). The average Bonchev–Trinajstić information content (AvgIpc) is 3.21. The summed E-state index contributed by atoms with van der Waals surface area (Å²) in [5.74, 6) is -2.46. The summed E-state index contributed by atoms with van der Waals surface area (Å²) in [4.78, 5) is 64.2. The Bertz CT molecular complexity index is 1300. The van der Waals surface area contributed by atoms with Crippen LogP contribution in [-0.4, -0.2) is 54.1 Å². The van der Waals surface area contributed by atoms with E-state index in [1.165, 1.54) is 7.11 Å². The highest BCUT2D eigenvalue weighted by Crippen LogP contribution is 2.27. The summed E-state index contributed by atoms with van der Waals surface area (Å²) < 4.78 is 4.83. The molecule has 8 nitrogen and oxygen atoms in total. The molecule has 3 aromatic carbocycles. The lowest BCUT2D eigenvalue weighted by Crippen LogP contribution is -2.54. The molecule has 1 unspecified atom stereocenters. The van der Waals surface area contributed by atoms with Crippen LogP contribution < -0.4 is 5.32 Å². The Labute approximate surface area is 220 Å². The first kappa shape index (κ1) is 26.5. The molecule has 1 heterocycles. The zero-order valence-corrected chi connectivity index (χ0v) is 21.0. The molecule has 8 heteroatoms. The Morgan fingerprint density at radius 1 is 0.868 bits per heavy atom. The summed E-state index contributed by atoms with van der Waals surface area (Å²) in [6.07, 6.45) is 1.55. The molecule has 0 saturated carbocycles. The number of carbonyl (C=O) groups excluding carboxylic acids is 5. The fourth-order valence-electron chi connectivity index (χ4n) is 4.54. The summed E-state index contributed by atoms with van der Waals surface area (Å²) in [6, 6.07) is 21.5. The van der Waals surface area contributed by atoms with Crippen LogP contribution in [0.15, 0.2) is 78.9 Å². The minimum atomic E-state index is -1.21. The molecule has 0 fully saturated rings. The molecule has 1 aliphatic heterocycles. The number of rotatable bonds is 11. The first-order valence-corrected chi connectivity index (χ1v) is 12.4. The predicted molar refractivity (Wildman–Crippen MR) is 140 cm³/mol. The Morgan fingerprint density at radius 2 is 1.45 bits per heavy atom. The van der Waals surface area contributed by atoms with Gasteiger partial charge in [0.05, 0.1) is 18.2 Å². The molecule has 2 atom stereocenters. The van der Waals surface area contributed by atoms with E-state index in [2.05, 4.69) is 5.32 Å². The largest absolute Gasteiger partial charge is 0.467 e. The summed E-state index contributed by atoms with van der Waals surface area (Å²) in [7, 11) is 1.21. The van der Waals surface area contributed by atoms with Crippen LogP contribution in [0, 0.1) is 0 Å². The topological polar surface area (TPSA) is 110 Å². The monoisotopic (exact) mass is 512 g/mol. The molecule has 3 aromatic rings. The van der Waals surface area contributed by atoms with Crippen LogP contribution in [-0.2, 0) is 25.5 Å². The number of hydrogen-bond donors (Lipinski definition) is 1. The van der Waals surface area contributed by atoms with Gasteiger partial charge in [0.15, 0.2) is 0 Å². The highest BCUT2D eigenvalue weighted by atomic mass is 16.5. The zero-order valence-electron chi connectivity index (χ0n) is 21.0. The number of nitrogens with one attached hydrogen (secondary N) is 1. The van der Waals surface area contributed by atoms with Crippen molar-refractivity contribution in [2.24, 2.45) is 0 Å². The number of imide groups is 1. The Hall–Kier alpha value is -4.59. The third-order valence-corrected chi connectivity index (χ3v) is 6.55. The van der Waals surface area contributed by atoms with Gasteiger partial charge in [0, 0.05) is 12.8 Å². The smallest absolute Gasteiger partial charge is 0.328 e. The third kappa shape index (κ3) is 5.70. The number of methoxy groups -OCH3 is 1. The molecule has 3 amide bonds. The van der Waals surface area contributed by atoms with Gasteiger partial charge in [0.1, 0.15) is 18.4 Å². The van der Waals surface area contributed by atoms with Crippen molar-refractivity contribution in [1.82, 2.24) is 10.2 Å². The molecule has 0 spiro atoms. The molecule has 194 valence electrons. The summed E-state index contributed by atoms with van der Waals surface area (Å²) in [6.45, 7) is 0. The van der Waals surface area contributed by atoms with Gasteiger partial charge in [-0.1, -0.05) is 66.7 Å². The van der Waals surface area contributed by atoms with Crippen LogP contribution >= 0.6 is 0 Å². The molecule has 0 radical (unpaired) electrons. The molecular weight excluding hydrogens is 484 g/mol. The highest BCUT2D eigenvalue weighted by Gasteiger charge is 2.43. The van der Waals surface area contributed by atoms with Crippen LogP contribution in [0.25, 0.3) is 11.1 Å². The van der Waals surface area contributed by atoms with E-state index in [1.54, 1.807) is 24.3 Å². The van der Waals surface area contributed by atoms with E-state index in [1.807, 2.05) is 54.6 Å². The quantitative estimate of drug-likeness (QED) is 0.182. The fraction of sp³-hybridized carbons (Fsp3) is 0.233. The summed E-state index contributed by atoms with van der Waals surface area (Å²) >= 11 is 0. The second-order valence-electron chi connectivity index (χ2n) is 8.99. The molecule has 0 saturated heterocycles. The maximum atomic E-state index is 13.6. The number of esters is 1. The Balaban J connectivity index is 1.63. The predicted octanol–water partition coefficient (Wildman–Crippen LogP) is 3.59. The standard InChI is InChI=1S/C30H28N2O6/c1-38-30(37)25(13-7-8-18-33)31-27(34)26(32-28(35)23-11-5-6-12-24(23)29(32)36)19-20-14-16-22(17-15-20)21-9-3-2-4-10-21/h2-6,9-12,14-18,25-26H,7-8,13,19H2,1H3,(H,31,34)/t25-,26?/m0/s1. The lowest BCUT2D eigenvalue weighted by molar-refractivity contribution is -0.145. The van der Waals surface area contributed by atoms with Crippen molar-refractivity contribution in [3.8, 4) is 11.1 Å². The van der Waals surface area contributed by atoms with E-state index >= 15 is 0 Å². The van der Waals surface area contributed by atoms with Crippen LogP contribution in [0.3, 0.4) is 0 Å². The van der Waals surface area contributed by atoms with Gasteiger partial charge in [0.25, 0.3) is 11.8 Å². The average molecular weight is 513 g/mol. The maximum Gasteiger partial charge on any atom is 0.328 e. The van der Waals surface area contributed by atoms with E-state index in [4.69, 9.17) is 4.74 Å². The molecule has 0 aliphatic carbocycles. The minimum absolute atomic E-state index is 0.0502. The van der Waals surface area contributed by atoms with Crippen molar-refractivity contribution in [3.05, 3.63) is 95.6 Å². The van der Waals surface area contributed by atoms with Crippen LogP contribution in [0.5, 0.6) is 0 Å². The Morgan fingerprint density at radius 3 is 2.03 bits per heavy atom. The van der Waals surface area contributed by atoms with Gasteiger partial charge in [-0.25, -0.2) is 4.79 Å². The van der Waals surface area contributed by atoms with E-state index in [-0.39, 0.29) is 30.4 Å². The number of fused-ring (bicyclic) bond motifs is 1. The SMILES string of the molecule is COC(=O)[C@H](CCCC=O)NC(=O)C(Cc1ccc(-c2ccccc2)cc1)N1C(=O)c2ccccc2C1=O. The van der Waals surface area contributed by atoms with Crippen molar-refractivity contribution in [1.29, 1.82) is 0 Å². The van der Waals surface area contributed by atoms with Crippen molar-refractivity contribution in [2.75, 3.05) is 7.11 Å². The number of hydrogen-bond acceptors (Lipinski definition) is 6. The van der Waals surface area contributed by atoms with Gasteiger partial charge in [0.2, 0.25) is 5.91 Å². The number of unbranched alkanes of at least 4 members (excludes halogenated alkanes) is 1. The van der Waals surface area contributed by atoms with Crippen molar-refractivity contribution in [2.45, 2.75) is 37.8 Å². The third-order valence-electron chi connectivity index (χ3n) is 6.55. The van der Waals surface area contributed by atoms with E-state index < -0.39 is 35.8 Å². The van der Waals surface area contributed by atoms with Gasteiger partial charge in [-0.2, -0.15) is 0 Å². The van der Waals surface area contributed by atoms with Gasteiger partial charge >= 0.3 is 5.97 Å². The zero-order chi connectivity index (χ0) is 27.1. The van der Waals surface area contributed by atoms with Gasteiger partial charge in [-0.3, -0.25) is 19.3 Å². The molecule has 0 aromatic heterocycles. The van der Waals surface area contributed by atoms with Crippen LogP contribution in [0.4, 0.5) is 0 Å². The Kier molecular flexibility index (Phi) is 8.43. The highest BCUT2D eigenvalue weighted by molar-refractivity contribution is 6.23. The van der Waals surface area contributed by atoms with Gasteiger partial charge < -0.3 is 14.8 Å². The molecule has 38 heavy (non-hydrogen) atoms. The number of carbonyl (C=O) groups is 5. The first-order chi connectivity index (χ1) is 18.4. The normalized spacial score (nSPS) is 14.0. The van der Waals surface area contributed by atoms with Crippen molar-refractivity contribution >= 4 is 30.0 Å². The first-order valence-electron chi connectivity index (χ1n) is 12.4. The second kappa shape index (κ2) is 12.1. The number of aldehydes is 1. The van der Waals surface area contributed by atoms with Gasteiger partial charge in [-0.15, -0.1) is 0 Å². The maximum absolute atomic E-state index is 13.6. The number of amides is 3. The summed E-state index contributed by atoms with van der Waals surface area (Å²) in [5.41, 5.74) is 3.20. The molecule has 1 aliphatic rings. The number of benzene rings is 3. The number of nitrogens with zero attached hydrogens (tertiary/aromatic N) is 1. The summed E-state index contributed by atoms with van der Waals surface area (Å²) in [5, 5.41) is 2.65. The fourth-order valence-corrected chi connectivity index (χ4v) is 4.54.